The second-order valence-corrected chi connectivity index (χ2v) is 3.19. The van der Waals surface area contributed by atoms with Gasteiger partial charge in [-0.1, -0.05) is 0 Å². The number of carboxylic acids is 1. The Labute approximate surface area is 79.8 Å². The quantitative estimate of drug-likeness (QED) is 0.682. The van der Waals surface area contributed by atoms with Gasteiger partial charge < -0.3 is 10.4 Å². The van der Waals surface area contributed by atoms with Crippen LogP contribution in [0.25, 0.3) is 0 Å². The van der Waals surface area contributed by atoms with Crippen LogP contribution in [0.15, 0.2) is 6.07 Å². The highest BCUT2D eigenvalue weighted by molar-refractivity contribution is 5.99. The summed E-state index contributed by atoms with van der Waals surface area (Å²) in [7, 11) is 0. The predicted molar refractivity (Wildman–Crippen MR) is 48.3 cm³/mol. The summed E-state index contributed by atoms with van der Waals surface area (Å²) in [4.78, 5) is 25.6. The third-order valence-corrected chi connectivity index (χ3v) is 2.10. The number of amides is 1. The molecule has 0 unspecified atom stereocenters. The van der Waals surface area contributed by atoms with Crippen LogP contribution in [-0.4, -0.2) is 22.0 Å². The molecule has 0 saturated heterocycles. The minimum Gasteiger partial charge on any atom is -0.477 e. The molecule has 0 spiro atoms. The Morgan fingerprint density at radius 3 is 3.00 bits per heavy atom. The minimum absolute atomic E-state index is 0.00838. The summed E-state index contributed by atoms with van der Waals surface area (Å²) in [5.41, 5.74) is 1.33. The number of aryl methyl sites for hydroxylation is 1. The first-order chi connectivity index (χ1) is 6.58. The Hall–Kier alpha value is -1.91. The number of nitrogens with one attached hydrogen (secondary N) is 1. The van der Waals surface area contributed by atoms with Gasteiger partial charge in [-0.15, -0.1) is 0 Å². The van der Waals surface area contributed by atoms with Crippen molar-refractivity contribution in [2.24, 2.45) is 0 Å². The Morgan fingerprint density at radius 1 is 1.64 bits per heavy atom. The van der Waals surface area contributed by atoms with Crippen LogP contribution < -0.4 is 5.32 Å². The Kier molecular flexibility index (Phi) is 1.73. The molecule has 1 aromatic heterocycles. The van der Waals surface area contributed by atoms with E-state index in [4.69, 9.17) is 5.11 Å². The van der Waals surface area contributed by atoms with E-state index < -0.39 is 5.97 Å². The molecule has 0 bridgehead atoms. The van der Waals surface area contributed by atoms with Crippen LogP contribution in [0.2, 0.25) is 0 Å². The molecule has 5 heteroatoms. The van der Waals surface area contributed by atoms with Crippen LogP contribution in [-0.2, 0) is 11.2 Å². The highest BCUT2D eigenvalue weighted by atomic mass is 16.4. The molecule has 72 valence electrons. The van der Waals surface area contributed by atoms with E-state index in [1.165, 1.54) is 0 Å². The van der Waals surface area contributed by atoms with Crippen LogP contribution in [0, 0.1) is 6.92 Å². The zero-order valence-electron chi connectivity index (χ0n) is 7.50. The Balaban J connectivity index is 2.55. The summed E-state index contributed by atoms with van der Waals surface area (Å²) in [6.07, 6.45) is 0.281. The van der Waals surface area contributed by atoms with Crippen molar-refractivity contribution in [1.82, 2.24) is 4.98 Å². The molecule has 0 saturated carbocycles. The van der Waals surface area contributed by atoms with Crippen molar-refractivity contribution in [3.8, 4) is 0 Å². The topological polar surface area (TPSA) is 79.3 Å². The largest absolute Gasteiger partial charge is 0.477 e. The third-order valence-electron chi connectivity index (χ3n) is 2.10. The molecular weight excluding hydrogens is 184 g/mol. The predicted octanol–water partition coefficient (Wildman–Crippen LogP) is 0.583. The number of hydrogen-bond acceptors (Lipinski definition) is 3. The van der Waals surface area contributed by atoms with Crippen molar-refractivity contribution in [3.63, 3.8) is 0 Å². The maximum atomic E-state index is 11.0. The van der Waals surface area contributed by atoms with E-state index in [0.29, 0.717) is 11.4 Å². The van der Waals surface area contributed by atoms with Crippen molar-refractivity contribution in [1.29, 1.82) is 0 Å². The van der Waals surface area contributed by atoms with E-state index in [2.05, 4.69) is 10.3 Å². The average Bonchev–Trinajstić information content (AvgIpc) is 2.42. The summed E-state index contributed by atoms with van der Waals surface area (Å²) >= 11 is 0. The monoisotopic (exact) mass is 192 g/mol. The number of carbonyl (C=O) groups is 2. The van der Waals surface area contributed by atoms with Crippen molar-refractivity contribution in [3.05, 3.63) is 22.9 Å². The number of carbonyl (C=O) groups excluding carboxylic acids is 1. The van der Waals surface area contributed by atoms with Gasteiger partial charge in [-0.05, 0) is 18.6 Å². The first kappa shape index (κ1) is 8.68. The SMILES string of the molecule is Cc1cc2c(nc1C(=O)O)NC(=O)C2. The van der Waals surface area contributed by atoms with E-state index in [9.17, 15) is 9.59 Å². The van der Waals surface area contributed by atoms with Crippen molar-refractivity contribution >= 4 is 17.7 Å². The van der Waals surface area contributed by atoms with Gasteiger partial charge in [0.25, 0.3) is 0 Å². The fourth-order valence-corrected chi connectivity index (χ4v) is 1.48. The molecule has 2 N–H and O–H groups in total. The Morgan fingerprint density at radius 2 is 2.36 bits per heavy atom. The van der Waals surface area contributed by atoms with Crippen LogP contribution >= 0.6 is 0 Å². The number of nitrogens with zero attached hydrogens (tertiary/aromatic N) is 1. The number of hydrogen-bond donors (Lipinski definition) is 2. The minimum atomic E-state index is -1.08. The number of aromatic carboxylic acids is 1. The number of pyridine rings is 1. The van der Waals surface area contributed by atoms with Gasteiger partial charge in [0.05, 0.1) is 6.42 Å². The number of carboxylic acid groups (broad SMARTS) is 1. The number of aromatic nitrogens is 1. The summed E-state index contributed by atoms with van der Waals surface area (Å²) in [6.45, 7) is 1.67. The number of rotatable bonds is 1. The lowest BCUT2D eigenvalue weighted by atomic mass is 10.1. The van der Waals surface area contributed by atoms with Gasteiger partial charge >= 0.3 is 5.97 Å². The van der Waals surface area contributed by atoms with Crippen molar-refractivity contribution in [2.75, 3.05) is 5.32 Å². The smallest absolute Gasteiger partial charge is 0.354 e. The summed E-state index contributed by atoms with van der Waals surface area (Å²) in [5.74, 6) is -0.848. The highest BCUT2D eigenvalue weighted by Gasteiger charge is 2.22. The molecule has 0 fully saturated rings. The van der Waals surface area contributed by atoms with Gasteiger partial charge in [-0.2, -0.15) is 0 Å². The van der Waals surface area contributed by atoms with Crippen molar-refractivity contribution < 1.29 is 14.7 Å². The molecule has 2 rings (SSSR count). The van der Waals surface area contributed by atoms with Crippen LogP contribution in [0.1, 0.15) is 21.6 Å². The summed E-state index contributed by atoms with van der Waals surface area (Å²) < 4.78 is 0. The zero-order valence-corrected chi connectivity index (χ0v) is 7.50. The van der Waals surface area contributed by atoms with Gasteiger partial charge in [0.1, 0.15) is 5.82 Å². The van der Waals surface area contributed by atoms with Gasteiger partial charge in [-0.3, -0.25) is 4.79 Å². The number of fused-ring (bicyclic) bond motifs is 1. The third kappa shape index (κ3) is 1.22. The van der Waals surface area contributed by atoms with Crippen LogP contribution in [0.5, 0.6) is 0 Å². The molecule has 14 heavy (non-hydrogen) atoms. The lowest BCUT2D eigenvalue weighted by Crippen LogP contribution is -2.07. The van der Waals surface area contributed by atoms with E-state index >= 15 is 0 Å². The zero-order chi connectivity index (χ0) is 10.3. The highest BCUT2D eigenvalue weighted by Crippen LogP contribution is 2.22. The standard InChI is InChI=1S/C9H8N2O3/c1-4-2-5-3-6(12)10-8(5)11-7(4)9(13)14/h2H,3H2,1H3,(H,13,14)(H,10,11,12). The molecule has 0 aliphatic carbocycles. The first-order valence-electron chi connectivity index (χ1n) is 4.11. The van der Waals surface area contributed by atoms with E-state index in [1.54, 1.807) is 13.0 Å². The van der Waals surface area contributed by atoms with Crippen LogP contribution in [0.3, 0.4) is 0 Å². The van der Waals surface area contributed by atoms with Crippen LogP contribution in [0.4, 0.5) is 5.82 Å². The molecular formula is C9H8N2O3. The Bertz CT molecular complexity index is 440. The number of anilines is 1. The normalized spacial score (nSPS) is 13.6. The molecule has 0 radical (unpaired) electrons. The fourth-order valence-electron chi connectivity index (χ4n) is 1.48. The van der Waals surface area contributed by atoms with Gasteiger partial charge in [0.2, 0.25) is 5.91 Å². The second-order valence-electron chi connectivity index (χ2n) is 3.19. The molecule has 1 aliphatic heterocycles. The van der Waals surface area contributed by atoms with Gasteiger partial charge in [0.15, 0.2) is 5.69 Å². The first-order valence-corrected chi connectivity index (χ1v) is 4.11. The molecule has 0 atom stereocenters. The summed E-state index contributed by atoms with van der Waals surface area (Å²) in [5, 5.41) is 11.3. The maximum Gasteiger partial charge on any atom is 0.354 e. The maximum absolute atomic E-state index is 11.0. The van der Waals surface area contributed by atoms with E-state index in [-0.39, 0.29) is 18.0 Å². The molecule has 1 aliphatic rings. The summed E-state index contributed by atoms with van der Waals surface area (Å²) in [6, 6.07) is 1.68. The molecule has 2 heterocycles. The molecule has 1 aromatic rings. The van der Waals surface area contributed by atoms with Crippen molar-refractivity contribution in [2.45, 2.75) is 13.3 Å². The van der Waals surface area contributed by atoms with E-state index in [1.807, 2.05) is 0 Å². The van der Waals surface area contributed by atoms with Gasteiger partial charge in [0, 0.05) is 5.56 Å². The molecule has 5 nitrogen and oxygen atoms in total. The lowest BCUT2D eigenvalue weighted by molar-refractivity contribution is -0.115. The average molecular weight is 192 g/mol. The molecule has 1 amide bonds. The van der Waals surface area contributed by atoms with Gasteiger partial charge in [-0.25, -0.2) is 9.78 Å². The fraction of sp³-hybridized carbons (Fsp3) is 0.222. The second kappa shape index (κ2) is 2.80. The molecule has 0 aromatic carbocycles. The lowest BCUT2D eigenvalue weighted by Gasteiger charge is -2.02. The van der Waals surface area contributed by atoms with E-state index in [0.717, 1.165) is 5.56 Å².